The van der Waals surface area contributed by atoms with Gasteiger partial charge in [0, 0.05) is 25.5 Å². The molecule has 0 amide bonds. The Morgan fingerprint density at radius 2 is 2.07 bits per heavy atom. The van der Waals surface area contributed by atoms with Crippen LogP contribution in [0.25, 0.3) is 0 Å². The second-order valence-corrected chi connectivity index (χ2v) is 4.42. The predicted octanol–water partition coefficient (Wildman–Crippen LogP) is 1.85. The van der Waals surface area contributed by atoms with Crippen LogP contribution in [0.15, 0.2) is 12.4 Å². The van der Waals surface area contributed by atoms with E-state index in [-0.39, 0.29) is 5.38 Å². The summed E-state index contributed by atoms with van der Waals surface area (Å²) in [7, 11) is 0. The molecule has 0 aliphatic carbocycles. The molecule has 0 bridgehead atoms. The maximum absolute atomic E-state index is 6.17. The van der Waals surface area contributed by atoms with Crippen LogP contribution in [0, 0.1) is 12.8 Å². The van der Waals surface area contributed by atoms with E-state index in [1.165, 1.54) is 0 Å². The standard InChI is InChI=1S/C10H14ClN3/c1-7-5-14(6-9(7)11)10-8(2)12-3-4-13-10/h3-4,7,9H,5-6H2,1-2H3. The minimum absolute atomic E-state index is 0.233. The van der Waals surface area contributed by atoms with Gasteiger partial charge in [0.15, 0.2) is 0 Å². The number of alkyl halides is 1. The van der Waals surface area contributed by atoms with Crippen molar-refractivity contribution in [1.29, 1.82) is 0 Å². The fourth-order valence-electron chi connectivity index (χ4n) is 1.81. The van der Waals surface area contributed by atoms with Crippen LogP contribution < -0.4 is 4.90 Å². The minimum Gasteiger partial charge on any atom is -0.353 e. The third-order valence-electron chi connectivity index (χ3n) is 2.68. The van der Waals surface area contributed by atoms with Gasteiger partial charge in [-0.05, 0) is 12.8 Å². The van der Waals surface area contributed by atoms with Crippen LogP contribution in [0.5, 0.6) is 0 Å². The molecule has 14 heavy (non-hydrogen) atoms. The third-order valence-corrected chi connectivity index (χ3v) is 3.24. The van der Waals surface area contributed by atoms with E-state index < -0.39 is 0 Å². The van der Waals surface area contributed by atoms with Gasteiger partial charge in [0.1, 0.15) is 5.82 Å². The van der Waals surface area contributed by atoms with E-state index >= 15 is 0 Å². The van der Waals surface area contributed by atoms with Gasteiger partial charge in [0.2, 0.25) is 0 Å². The molecule has 1 aliphatic rings. The van der Waals surface area contributed by atoms with Gasteiger partial charge in [-0.25, -0.2) is 4.98 Å². The summed E-state index contributed by atoms with van der Waals surface area (Å²) in [6.45, 7) is 6.01. The molecule has 76 valence electrons. The van der Waals surface area contributed by atoms with Crippen molar-refractivity contribution in [2.75, 3.05) is 18.0 Å². The number of halogens is 1. The molecule has 1 aromatic heterocycles. The Balaban J connectivity index is 2.21. The van der Waals surface area contributed by atoms with Gasteiger partial charge >= 0.3 is 0 Å². The van der Waals surface area contributed by atoms with Crippen molar-refractivity contribution >= 4 is 17.4 Å². The van der Waals surface area contributed by atoms with Crippen molar-refractivity contribution in [3.63, 3.8) is 0 Å². The van der Waals surface area contributed by atoms with Gasteiger partial charge in [-0.1, -0.05) is 6.92 Å². The second kappa shape index (κ2) is 3.73. The molecule has 3 nitrogen and oxygen atoms in total. The molecule has 1 fully saturated rings. The van der Waals surface area contributed by atoms with Gasteiger partial charge in [-0.2, -0.15) is 0 Å². The lowest BCUT2D eigenvalue weighted by Gasteiger charge is -2.17. The number of rotatable bonds is 1. The van der Waals surface area contributed by atoms with Crippen LogP contribution in [-0.2, 0) is 0 Å². The first-order chi connectivity index (χ1) is 6.68. The number of hydrogen-bond acceptors (Lipinski definition) is 3. The lowest BCUT2D eigenvalue weighted by Crippen LogP contribution is -2.22. The maximum atomic E-state index is 6.17. The number of aromatic nitrogens is 2. The molecular formula is C10H14ClN3. The average molecular weight is 212 g/mol. The van der Waals surface area contributed by atoms with Crippen molar-refractivity contribution in [3.05, 3.63) is 18.1 Å². The highest BCUT2D eigenvalue weighted by molar-refractivity contribution is 6.21. The summed E-state index contributed by atoms with van der Waals surface area (Å²) in [4.78, 5) is 10.8. The topological polar surface area (TPSA) is 29.0 Å². The average Bonchev–Trinajstić information content (AvgIpc) is 2.48. The van der Waals surface area contributed by atoms with E-state index in [0.717, 1.165) is 24.6 Å². The molecule has 2 rings (SSSR count). The summed E-state index contributed by atoms with van der Waals surface area (Å²) in [6, 6.07) is 0. The molecule has 2 unspecified atom stereocenters. The molecule has 0 radical (unpaired) electrons. The number of nitrogens with zero attached hydrogens (tertiary/aromatic N) is 3. The van der Waals surface area contributed by atoms with Crippen LogP contribution >= 0.6 is 11.6 Å². The molecule has 2 atom stereocenters. The summed E-state index contributed by atoms with van der Waals surface area (Å²) in [5, 5.41) is 0.233. The minimum atomic E-state index is 0.233. The number of aryl methyl sites for hydroxylation is 1. The fourth-order valence-corrected chi connectivity index (χ4v) is 2.06. The summed E-state index contributed by atoms with van der Waals surface area (Å²) in [5.74, 6) is 1.50. The van der Waals surface area contributed by atoms with Gasteiger partial charge in [0.05, 0.1) is 11.1 Å². The first-order valence-corrected chi connectivity index (χ1v) is 5.28. The zero-order valence-electron chi connectivity index (χ0n) is 8.44. The molecule has 1 aromatic rings. The Morgan fingerprint density at radius 3 is 2.64 bits per heavy atom. The smallest absolute Gasteiger partial charge is 0.150 e. The molecule has 4 heteroatoms. The Morgan fingerprint density at radius 1 is 1.36 bits per heavy atom. The van der Waals surface area contributed by atoms with E-state index in [1.807, 2.05) is 6.92 Å². The molecule has 0 aromatic carbocycles. The Bertz CT molecular complexity index is 319. The van der Waals surface area contributed by atoms with E-state index in [1.54, 1.807) is 12.4 Å². The van der Waals surface area contributed by atoms with Crippen LogP contribution in [0.2, 0.25) is 0 Å². The van der Waals surface area contributed by atoms with Gasteiger partial charge in [-0.3, -0.25) is 4.98 Å². The van der Waals surface area contributed by atoms with Gasteiger partial charge in [-0.15, -0.1) is 11.6 Å². The highest BCUT2D eigenvalue weighted by Gasteiger charge is 2.29. The first-order valence-electron chi connectivity index (χ1n) is 4.85. The van der Waals surface area contributed by atoms with Gasteiger partial charge in [0.25, 0.3) is 0 Å². The first kappa shape index (κ1) is 9.71. The number of anilines is 1. The largest absolute Gasteiger partial charge is 0.353 e. The van der Waals surface area contributed by atoms with Crippen molar-refractivity contribution in [2.24, 2.45) is 5.92 Å². The lowest BCUT2D eigenvalue weighted by atomic mass is 10.2. The molecule has 0 spiro atoms. The SMILES string of the molecule is Cc1nccnc1N1CC(C)C(Cl)C1. The Kier molecular flexibility index (Phi) is 2.59. The van der Waals surface area contributed by atoms with E-state index in [4.69, 9.17) is 11.6 Å². The highest BCUT2D eigenvalue weighted by atomic mass is 35.5. The molecule has 1 aliphatic heterocycles. The van der Waals surface area contributed by atoms with E-state index in [2.05, 4.69) is 21.8 Å². The zero-order valence-corrected chi connectivity index (χ0v) is 9.20. The zero-order chi connectivity index (χ0) is 10.1. The van der Waals surface area contributed by atoms with Crippen LogP contribution in [-0.4, -0.2) is 28.4 Å². The van der Waals surface area contributed by atoms with Crippen molar-refractivity contribution < 1.29 is 0 Å². The summed E-state index contributed by atoms with van der Waals surface area (Å²) < 4.78 is 0. The maximum Gasteiger partial charge on any atom is 0.150 e. The quantitative estimate of drug-likeness (QED) is 0.664. The monoisotopic (exact) mass is 211 g/mol. The molecular weight excluding hydrogens is 198 g/mol. The van der Waals surface area contributed by atoms with Crippen LogP contribution in [0.4, 0.5) is 5.82 Å². The molecule has 0 N–H and O–H groups in total. The third kappa shape index (κ3) is 1.69. The van der Waals surface area contributed by atoms with E-state index in [0.29, 0.717) is 5.92 Å². The molecule has 1 saturated heterocycles. The van der Waals surface area contributed by atoms with Crippen LogP contribution in [0.3, 0.4) is 0 Å². The van der Waals surface area contributed by atoms with E-state index in [9.17, 15) is 0 Å². The molecule has 0 saturated carbocycles. The summed E-state index contributed by atoms with van der Waals surface area (Å²) in [6.07, 6.45) is 3.45. The van der Waals surface area contributed by atoms with Crippen molar-refractivity contribution in [3.8, 4) is 0 Å². The lowest BCUT2D eigenvalue weighted by molar-refractivity contribution is 0.665. The normalized spacial score (nSPS) is 26.9. The summed E-state index contributed by atoms with van der Waals surface area (Å²) in [5.41, 5.74) is 0.977. The van der Waals surface area contributed by atoms with Crippen molar-refractivity contribution in [1.82, 2.24) is 9.97 Å². The fraction of sp³-hybridized carbons (Fsp3) is 0.600. The molecule has 2 heterocycles. The Hall–Kier alpha value is -0.830. The predicted molar refractivity (Wildman–Crippen MR) is 57.8 cm³/mol. The Labute approximate surface area is 89.1 Å². The second-order valence-electron chi connectivity index (χ2n) is 3.86. The van der Waals surface area contributed by atoms with Crippen LogP contribution in [0.1, 0.15) is 12.6 Å². The van der Waals surface area contributed by atoms with Crippen molar-refractivity contribution in [2.45, 2.75) is 19.2 Å². The number of hydrogen-bond donors (Lipinski definition) is 0. The summed E-state index contributed by atoms with van der Waals surface area (Å²) >= 11 is 6.17. The van der Waals surface area contributed by atoms with Gasteiger partial charge < -0.3 is 4.90 Å². The highest BCUT2D eigenvalue weighted by Crippen LogP contribution is 2.26.